The second kappa shape index (κ2) is 5.80. The van der Waals surface area contributed by atoms with Gasteiger partial charge in [-0.2, -0.15) is 0 Å². The molecule has 1 saturated carbocycles. The van der Waals surface area contributed by atoms with Crippen LogP contribution in [0.4, 0.5) is 0 Å². The third-order valence-electron chi connectivity index (χ3n) is 4.18. The lowest BCUT2D eigenvalue weighted by molar-refractivity contribution is 0.0950. The number of nitrogens with zero attached hydrogens (tertiary/aromatic N) is 2. The standard InChI is InChI=1S/C19H17N3O/c23-19(16-8-5-13-3-1-2-4-15(13)9-16)20-11-17-10-18(14-6-7-14)22-12-21-17/h1-5,8-10,12,14H,6-7,11H2,(H,20,23). The lowest BCUT2D eigenvalue weighted by atomic mass is 10.1. The van der Waals surface area contributed by atoms with Crippen molar-refractivity contribution < 1.29 is 4.79 Å². The molecular formula is C19H17N3O. The minimum absolute atomic E-state index is 0.0812. The number of amides is 1. The highest BCUT2D eigenvalue weighted by Crippen LogP contribution is 2.38. The monoisotopic (exact) mass is 303 g/mol. The van der Waals surface area contributed by atoms with E-state index in [0.717, 1.165) is 22.2 Å². The first-order valence-electron chi connectivity index (χ1n) is 7.87. The average molecular weight is 303 g/mol. The van der Waals surface area contributed by atoms with E-state index in [1.807, 2.05) is 48.5 Å². The smallest absolute Gasteiger partial charge is 0.251 e. The summed E-state index contributed by atoms with van der Waals surface area (Å²) in [5.41, 5.74) is 2.62. The van der Waals surface area contributed by atoms with Gasteiger partial charge < -0.3 is 5.32 Å². The number of fused-ring (bicyclic) bond motifs is 1. The Hall–Kier alpha value is -2.75. The summed E-state index contributed by atoms with van der Waals surface area (Å²) in [5, 5.41) is 5.14. The zero-order valence-corrected chi connectivity index (χ0v) is 12.7. The minimum atomic E-state index is -0.0812. The van der Waals surface area contributed by atoms with E-state index in [1.165, 1.54) is 12.8 Å². The molecule has 0 saturated heterocycles. The molecule has 4 rings (SSSR count). The van der Waals surface area contributed by atoms with Crippen molar-refractivity contribution in [2.45, 2.75) is 25.3 Å². The topological polar surface area (TPSA) is 54.9 Å². The van der Waals surface area contributed by atoms with Gasteiger partial charge in [0.25, 0.3) is 5.91 Å². The van der Waals surface area contributed by atoms with Crippen molar-refractivity contribution in [1.82, 2.24) is 15.3 Å². The van der Waals surface area contributed by atoms with E-state index in [2.05, 4.69) is 15.3 Å². The number of carbonyl (C=O) groups excluding carboxylic acids is 1. The molecular weight excluding hydrogens is 286 g/mol. The van der Waals surface area contributed by atoms with Crippen LogP contribution >= 0.6 is 0 Å². The van der Waals surface area contributed by atoms with Gasteiger partial charge in [0.15, 0.2) is 0 Å². The van der Waals surface area contributed by atoms with Crippen molar-refractivity contribution in [1.29, 1.82) is 0 Å². The molecule has 3 aromatic rings. The summed E-state index contributed by atoms with van der Waals surface area (Å²) in [6, 6.07) is 15.8. The number of hydrogen-bond donors (Lipinski definition) is 1. The molecule has 23 heavy (non-hydrogen) atoms. The van der Waals surface area contributed by atoms with Gasteiger partial charge in [0, 0.05) is 17.2 Å². The van der Waals surface area contributed by atoms with E-state index in [9.17, 15) is 4.79 Å². The molecule has 0 radical (unpaired) electrons. The van der Waals surface area contributed by atoms with Gasteiger partial charge in [-0.25, -0.2) is 9.97 Å². The van der Waals surface area contributed by atoms with Crippen LogP contribution in [0.2, 0.25) is 0 Å². The predicted molar refractivity (Wildman–Crippen MR) is 89.1 cm³/mol. The van der Waals surface area contributed by atoms with Crippen molar-refractivity contribution in [3.8, 4) is 0 Å². The van der Waals surface area contributed by atoms with E-state index < -0.39 is 0 Å². The number of hydrogen-bond acceptors (Lipinski definition) is 3. The SMILES string of the molecule is O=C(NCc1cc(C2CC2)ncn1)c1ccc2ccccc2c1. The van der Waals surface area contributed by atoms with Gasteiger partial charge in [-0.05, 0) is 41.8 Å². The maximum atomic E-state index is 12.3. The molecule has 0 spiro atoms. The van der Waals surface area contributed by atoms with Crippen LogP contribution in [0, 0.1) is 0 Å². The Morgan fingerprint density at radius 3 is 2.70 bits per heavy atom. The van der Waals surface area contributed by atoms with E-state index in [4.69, 9.17) is 0 Å². The number of carbonyl (C=O) groups is 1. The Morgan fingerprint density at radius 1 is 1.04 bits per heavy atom. The van der Waals surface area contributed by atoms with Crippen molar-refractivity contribution >= 4 is 16.7 Å². The Morgan fingerprint density at radius 2 is 1.87 bits per heavy atom. The summed E-state index contributed by atoms with van der Waals surface area (Å²) < 4.78 is 0. The van der Waals surface area contributed by atoms with Gasteiger partial charge in [0.2, 0.25) is 0 Å². The molecule has 2 aromatic carbocycles. The third-order valence-corrected chi connectivity index (χ3v) is 4.18. The maximum absolute atomic E-state index is 12.3. The minimum Gasteiger partial charge on any atom is -0.346 e. The lowest BCUT2D eigenvalue weighted by Crippen LogP contribution is -2.23. The van der Waals surface area contributed by atoms with Crippen LogP contribution in [0.25, 0.3) is 10.8 Å². The Bertz CT molecular complexity index is 871. The molecule has 4 nitrogen and oxygen atoms in total. The summed E-state index contributed by atoms with van der Waals surface area (Å²) in [6.07, 6.45) is 4.00. The normalized spacial score (nSPS) is 13.9. The van der Waals surface area contributed by atoms with Crippen LogP contribution in [-0.4, -0.2) is 15.9 Å². The van der Waals surface area contributed by atoms with Gasteiger partial charge in [-0.15, -0.1) is 0 Å². The highest BCUT2D eigenvalue weighted by Gasteiger charge is 2.25. The zero-order chi connectivity index (χ0) is 15.6. The average Bonchev–Trinajstić information content (AvgIpc) is 3.44. The van der Waals surface area contributed by atoms with Crippen LogP contribution < -0.4 is 5.32 Å². The number of nitrogens with one attached hydrogen (secondary N) is 1. The predicted octanol–water partition coefficient (Wildman–Crippen LogP) is 3.44. The molecule has 0 bridgehead atoms. The van der Waals surface area contributed by atoms with Crippen LogP contribution in [0.15, 0.2) is 54.9 Å². The van der Waals surface area contributed by atoms with Gasteiger partial charge in [0.05, 0.1) is 12.2 Å². The number of aromatic nitrogens is 2. The first kappa shape index (κ1) is 13.9. The maximum Gasteiger partial charge on any atom is 0.251 e. The Kier molecular flexibility index (Phi) is 3.50. The van der Waals surface area contributed by atoms with E-state index >= 15 is 0 Å². The molecule has 114 valence electrons. The fourth-order valence-corrected chi connectivity index (χ4v) is 2.72. The Labute approximate surface area is 134 Å². The molecule has 0 atom stereocenters. The van der Waals surface area contributed by atoms with Crippen molar-refractivity contribution in [2.75, 3.05) is 0 Å². The fraction of sp³-hybridized carbons (Fsp3) is 0.211. The summed E-state index contributed by atoms with van der Waals surface area (Å²) >= 11 is 0. The summed E-state index contributed by atoms with van der Waals surface area (Å²) in [5.74, 6) is 0.510. The fourth-order valence-electron chi connectivity index (χ4n) is 2.72. The van der Waals surface area contributed by atoms with Crippen LogP contribution in [-0.2, 0) is 6.54 Å². The molecule has 4 heteroatoms. The highest BCUT2D eigenvalue weighted by atomic mass is 16.1. The van der Waals surface area contributed by atoms with Crippen LogP contribution in [0.1, 0.15) is 40.5 Å². The van der Waals surface area contributed by atoms with E-state index in [0.29, 0.717) is 18.0 Å². The van der Waals surface area contributed by atoms with Crippen LogP contribution in [0.5, 0.6) is 0 Å². The summed E-state index contributed by atoms with van der Waals surface area (Å²) in [6.45, 7) is 0.425. The van der Waals surface area contributed by atoms with Crippen molar-refractivity contribution in [3.63, 3.8) is 0 Å². The molecule has 1 aliphatic rings. The number of rotatable bonds is 4. The number of benzene rings is 2. The second-order valence-electron chi connectivity index (χ2n) is 5.95. The van der Waals surface area contributed by atoms with Crippen molar-refractivity contribution in [3.05, 3.63) is 71.8 Å². The summed E-state index contributed by atoms with van der Waals surface area (Å²) in [7, 11) is 0. The molecule has 0 unspecified atom stereocenters. The van der Waals surface area contributed by atoms with Crippen molar-refractivity contribution in [2.24, 2.45) is 0 Å². The first-order valence-corrected chi connectivity index (χ1v) is 7.87. The second-order valence-corrected chi connectivity index (χ2v) is 5.95. The molecule has 1 fully saturated rings. The lowest BCUT2D eigenvalue weighted by Gasteiger charge is -2.07. The highest BCUT2D eigenvalue weighted by molar-refractivity contribution is 5.98. The van der Waals surface area contributed by atoms with Gasteiger partial charge >= 0.3 is 0 Å². The Balaban J connectivity index is 1.47. The van der Waals surface area contributed by atoms with Gasteiger partial charge in [-0.1, -0.05) is 30.3 Å². The quantitative estimate of drug-likeness (QED) is 0.803. The largest absolute Gasteiger partial charge is 0.346 e. The molecule has 0 aliphatic heterocycles. The molecule has 1 heterocycles. The van der Waals surface area contributed by atoms with Gasteiger partial charge in [0.1, 0.15) is 6.33 Å². The third kappa shape index (κ3) is 3.06. The zero-order valence-electron chi connectivity index (χ0n) is 12.7. The van der Waals surface area contributed by atoms with E-state index in [-0.39, 0.29) is 5.91 Å². The molecule has 1 amide bonds. The molecule has 1 N–H and O–H groups in total. The van der Waals surface area contributed by atoms with E-state index in [1.54, 1.807) is 6.33 Å². The van der Waals surface area contributed by atoms with Crippen LogP contribution in [0.3, 0.4) is 0 Å². The molecule has 1 aromatic heterocycles. The molecule has 1 aliphatic carbocycles. The van der Waals surface area contributed by atoms with Gasteiger partial charge in [-0.3, -0.25) is 4.79 Å². The summed E-state index contributed by atoms with van der Waals surface area (Å²) in [4.78, 5) is 20.9. The first-order chi connectivity index (χ1) is 11.3.